The van der Waals surface area contributed by atoms with E-state index in [1.807, 2.05) is 30.5 Å². The molecule has 1 aromatic carbocycles. The Labute approximate surface area is 87.1 Å². The average molecular weight is 212 g/mol. The Kier molecular flexibility index (Phi) is 4.32. The van der Waals surface area contributed by atoms with E-state index in [0.29, 0.717) is 0 Å². The van der Waals surface area contributed by atoms with Gasteiger partial charge in [-0.3, -0.25) is 4.79 Å². The largest absolute Gasteiger partial charge is 0.493 e. The van der Waals surface area contributed by atoms with Crippen molar-refractivity contribution in [1.82, 2.24) is 0 Å². The van der Waals surface area contributed by atoms with Gasteiger partial charge in [0.15, 0.2) is 0 Å². The van der Waals surface area contributed by atoms with Gasteiger partial charge in [-0.1, -0.05) is 6.07 Å². The van der Waals surface area contributed by atoms with E-state index in [4.69, 9.17) is 9.84 Å². The quantitative estimate of drug-likeness (QED) is 0.760. The van der Waals surface area contributed by atoms with Crippen LogP contribution in [0.3, 0.4) is 0 Å². The minimum absolute atomic E-state index is 0.0312. The molecule has 0 heterocycles. The molecule has 4 heteroatoms. The molecule has 76 valence electrons. The first kappa shape index (κ1) is 10.9. The van der Waals surface area contributed by atoms with Crippen molar-refractivity contribution in [3.63, 3.8) is 0 Å². The maximum absolute atomic E-state index is 10.2. The number of hydrogen-bond donors (Lipinski definition) is 1. The summed E-state index contributed by atoms with van der Waals surface area (Å²) in [6.07, 6.45) is 2.01. The SMILES string of the molecule is CSc1cccc(OCCC(=O)O)c1. The lowest BCUT2D eigenvalue weighted by molar-refractivity contribution is -0.137. The second kappa shape index (κ2) is 5.54. The van der Waals surface area contributed by atoms with E-state index in [1.165, 1.54) is 0 Å². The van der Waals surface area contributed by atoms with Crippen LogP contribution < -0.4 is 4.74 Å². The highest BCUT2D eigenvalue weighted by Crippen LogP contribution is 2.20. The molecule has 14 heavy (non-hydrogen) atoms. The van der Waals surface area contributed by atoms with E-state index in [1.54, 1.807) is 11.8 Å². The molecular weight excluding hydrogens is 200 g/mol. The van der Waals surface area contributed by atoms with Gasteiger partial charge in [0.2, 0.25) is 0 Å². The number of hydrogen-bond acceptors (Lipinski definition) is 3. The first-order valence-electron chi connectivity index (χ1n) is 4.21. The van der Waals surface area contributed by atoms with Crippen molar-refractivity contribution in [3.05, 3.63) is 24.3 Å². The highest BCUT2D eigenvalue weighted by Gasteiger charge is 1.98. The van der Waals surface area contributed by atoms with Crippen molar-refractivity contribution < 1.29 is 14.6 Å². The van der Waals surface area contributed by atoms with Crippen molar-refractivity contribution in [3.8, 4) is 5.75 Å². The number of ether oxygens (including phenoxy) is 1. The average Bonchev–Trinajstić information content (AvgIpc) is 2.18. The number of rotatable bonds is 5. The summed E-state index contributed by atoms with van der Waals surface area (Å²) in [4.78, 5) is 11.3. The van der Waals surface area contributed by atoms with E-state index in [-0.39, 0.29) is 13.0 Å². The molecule has 1 aromatic rings. The number of carbonyl (C=O) groups is 1. The number of carboxylic acid groups (broad SMARTS) is 1. The number of aliphatic carboxylic acids is 1. The third-order valence-corrected chi connectivity index (χ3v) is 2.35. The van der Waals surface area contributed by atoms with Crippen LogP contribution in [0.4, 0.5) is 0 Å². The van der Waals surface area contributed by atoms with Crippen molar-refractivity contribution in [2.45, 2.75) is 11.3 Å². The van der Waals surface area contributed by atoms with Crippen molar-refractivity contribution in [2.24, 2.45) is 0 Å². The predicted molar refractivity (Wildman–Crippen MR) is 56.0 cm³/mol. The van der Waals surface area contributed by atoms with Gasteiger partial charge < -0.3 is 9.84 Å². The smallest absolute Gasteiger partial charge is 0.306 e. The Balaban J connectivity index is 2.46. The summed E-state index contributed by atoms with van der Waals surface area (Å²) < 4.78 is 5.27. The predicted octanol–water partition coefficient (Wildman–Crippen LogP) is 2.26. The summed E-state index contributed by atoms with van der Waals surface area (Å²) in [5, 5.41) is 8.41. The lowest BCUT2D eigenvalue weighted by Gasteiger charge is -2.05. The summed E-state index contributed by atoms with van der Waals surface area (Å²) in [5.41, 5.74) is 0. The van der Waals surface area contributed by atoms with Gasteiger partial charge >= 0.3 is 5.97 Å². The Morgan fingerprint density at radius 1 is 1.57 bits per heavy atom. The second-order valence-corrected chi connectivity index (χ2v) is 3.55. The summed E-state index contributed by atoms with van der Waals surface area (Å²) >= 11 is 1.63. The normalized spacial score (nSPS) is 9.79. The molecule has 1 N–H and O–H groups in total. The van der Waals surface area contributed by atoms with Gasteiger partial charge in [0.25, 0.3) is 0 Å². The van der Waals surface area contributed by atoms with Crippen LogP contribution in [0.15, 0.2) is 29.2 Å². The molecule has 0 fully saturated rings. The van der Waals surface area contributed by atoms with Crippen molar-refractivity contribution in [2.75, 3.05) is 12.9 Å². The van der Waals surface area contributed by atoms with E-state index in [9.17, 15) is 4.79 Å². The van der Waals surface area contributed by atoms with Gasteiger partial charge in [0, 0.05) is 4.90 Å². The summed E-state index contributed by atoms with van der Waals surface area (Å²) in [7, 11) is 0. The maximum atomic E-state index is 10.2. The molecule has 0 aromatic heterocycles. The van der Waals surface area contributed by atoms with Crippen LogP contribution in [0, 0.1) is 0 Å². The fraction of sp³-hybridized carbons (Fsp3) is 0.300. The van der Waals surface area contributed by atoms with Crippen LogP contribution in [0.1, 0.15) is 6.42 Å². The molecule has 0 atom stereocenters. The van der Waals surface area contributed by atoms with Crippen molar-refractivity contribution in [1.29, 1.82) is 0 Å². The minimum atomic E-state index is -0.842. The zero-order valence-electron chi connectivity index (χ0n) is 7.90. The molecule has 1 rings (SSSR count). The van der Waals surface area contributed by atoms with Crippen molar-refractivity contribution >= 4 is 17.7 Å². The number of thioether (sulfide) groups is 1. The van der Waals surface area contributed by atoms with Gasteiger partial charge in [-0.25, -0.2) is 0 Å². The van der Waals surface area contributed by atoms with Crippen LogP contribution in [0.2, 0.25) is 0 Å². The van der Waals surface area contributed by atoms with Gasteiger partial charge in [0.1, 0.15) is 5.75 Å². The van der Waals surface area contributed by atoms with Crippen LogP contribution in [-0.4, -0.2) is 23.9 Å². The zero-order valence-corrected chi connectivity index (χ0v) is 8.71. The standard InChI is InChI=1S/C10H12O3S/c1-14-9-4-2-3-8(7-9)13-6-5-10(11)12/h2-4,7H,5-6H2,1H3,(H,11,12). The fourth-order valence-corrected chi connectivity index (χ4v) is 1.40. The van der Waals surface area contributed by atoms with E-state index in [2.05, 4.69) is 0 Å². The Morgan fingerprint density at radius 2 is 2.36 bits per heavy atom. The lowest BCUT2D eigenvalue weighted by atomic mass is 10.3. The Morgan fingerprint density at radius 3 is 3.00 bits per heavy atom. The van der Waals surface area contributed by atoms with E-state index < -0.39 is 5.97 Å². The minimum Gasteiger partial charge on any atom is -0.493 e. The third kappa shape index (κ3) is 3.70. The number of benzene rings is 1. The van der Waals surface area contributed by atoms with Gasteiger partial charge in [-0.15, -0.1) is 11.8 Å². The molecular formula is C10H12O3S. The lowest BCUT2D eigenvalue weighted by Crippen LogP contribution is -2.04. The van der Waals surface area contributed by atoms with E-state index >= 15 is 0 Å². The van der Waals surface area contributed by atoms with Crippen LogP contribution in [0.25, 0.3) is 0 Å². The molecule has 0 bridgehead atoms. The molecule has 0 aliphatic carbocycles. The van der Waals surface area contributed by atoms with Gasteiger partial charge in [-0.2, -0.15) is 0 Å². The molecule has 0 saturated carbocycles. The summed E-state index contributed by atoms with van der Waals surface area (Å²) in [6.45, 7) is 0.215. The highest BCUT2D eigenvalue weighted by atomic mass is 32.2. The molecule has 0 spiro atoms. The molecule has 0 radical (unpaired) electrons. The highest BCUT2D eigenvalue weighted by molar-refractivity contribution is 7.98. The second-order valence-electron chi connectivity index (χ2n) is 2.67. The molecule has 0 unspecified atom stereocenters. The van der Waals surface area contributed by atoms with Crippen LogP contribution >= 0.6 is 11.8 Å². The molecule has 0 aliphatic heterocycles. The molecule has 0 aliphatic rings. The topological polar surface area (TPSA) is 46.5 Å². The van der Waals surface area contributed by atoms with Crippen LogP contribution in [0.5, 0.6) is 5.75 Å². The Bertz CT molecular complexity index is 312. The Hall–Kier alpha value is -1.16. The molecule has 0 amide bonds. The fourth-order valence-electron chi connectivity index (χ4n) is 0.947. The molecule has 0 saturated heterocycles. The van der Waals surface area contributed by atoms with Gasteiger partial charge in [-0.05, 0) is 24.5 Å². The third-order valence-electron chi connectivity index (χ3n) is 1.63. The van der Waals surface area contributed by atoms with Crippen LogP contribution in [-0.2, 0) is 4.79 Å². The summed E-state index contributed by atoms with van der Waals surface area (Å²) in [5.74, 6) is -0.121. The zero-order chi connectivity index (χ0) is 10.4. The molecule has 3 nitrogen and oxygen atoms in total. The first-order valence-corrected chi connectivity index (χ1v) is 5.43. The first-order chi connectivity index (χ1) is 6.72. The monoisotopic (exact) mass is 212 g/mol. The van der Waals surface area contributed by atoms with Gasteiger partial charge in [0.05, 0.1) is 13.0 Å². The van der Waals surface area contributed by atoms with E-state index in [0.717, 1.165) is 10.6 Å². The maximum Gasteiger partial charge on any atom is 0.306 e. The number of carboxylic acids is 1. The summed E-state index contributed by atoms with van der Waals surface area (Å²) in [6, 6.07) is 7.59.